The molecule has 0 spiro atoms. The molecule has 0 saturated carbocycles. The number of halogens is 1. The molecule has 1 aliphatic heterocycles. The summed E-state index contributed by atoms with van der Waals surface area (Å²) in [5, 5.41) is 0.393. The molecule has 0 N–H and O–H groups in total. The molecule has 1 amide bonds. The molecule has 6 nitrogen and oxygen atoms in total. The highest BCUT2D eigenvalue weighted by molar-refractivity contribution is 6.35. The van der Waals surface area contributed by atoms with E-state index in [2.05, 4.69) is 0 Å². The summed E-state index contributed by atoms with van der Waals surface area (Å²) in [4.78, 5) is 27.3. The van der Waals surface area contributed by atoms with E-state index in [-0.39, 0.29) is 17.1 Å². The molecule has 2 aromatic rings. The van der Waals surface area contributed by atoms with E-state index in [0.717, 1.165) is 0 Å². The van der Waals surface area contributed by atoms with Crippen LogP contribution in [0.5, 0.6) is 11.5 Å². The third kappa shape index (κ3) is 3.71. The van der Waals surface area contributed by atoms with Crippen LogP contribution in [0, 0.1) is 0 Å². The zero-order valence-corrected chi connectivity index (χ0v) is 17.2. The molecule has 0 radical (unpaired) electrons. The third-order valence-electron chi connectivity index (χ3n) is 4.62. The minimum atomic E-state index is -0.612. The van der Waals surface area contributed by atoms with E-state index < -0.39 is 5.97 Å². The van der Waals surface area contributed by atoms with Crippen molar-refractivity contribution in [3.05, 3.63) is 69.9 Å². The van der Waals surface area contributed by atoms with Gasteiger partial charge in [0.25, 0.3) is 5.91 Å². The van der Waals surface area contributed by atoms with Gasteiger partial charge in [0.2, 0.25) is 0 Å². The summed E-state index contributed by atoms with van der Waals surface area (Å²) in [5.41, 5.74) is 1.86. The second-order valence-electron chi connectivity index (χ2n) is 6.21. The van der Waals surface area contributed by atoms with Crippen molar-refractivity contribution in [1.82, 2.24) is 0 Å². The summed E-state index contributed by atoms with van der Waals surface area (Å²) in [5.74, 6) is 0.120. The van der Waals surface area contributed by atoms with E-state index in [1.165, 1.54) is 19.1 Å². The topological polar surface area (TPSA) is 65.1 Å². The molecule has 0 saturated heterocycles. The fraction of sp³-hybridized carbons (Fsp3) is 0.182. The minimum Gasteiger partial charge on any atom is -0.497 e. The van der Waals surface area contributed by atoms with Gasteiger partial charge in [-0.3, -0.25) is 9.69 Å². The molecule has 150 valence electrons. The van der Waals surface area contributed by atoms with Gasteiger partial charge in [0.1, 0.15) is 11.5 Å². The highest BCUT2D eigenvalue weighted by atomic mass is 35.5. The molecule has 7 heteroatoms. The number of hydrogen-bond acceptors (Lipinski definition) is 5. The zero-order chi connectivity index (χ0) is 21.1. The Morgan fingerprint density at radius 1 is 1.07 bits per heavy atom. The van der Waals surface area contributed by atoms with Crippen LogP contribution in [0.3, 0.4) is 0 Å². The number of anilines is 1. The Hall–Kier alpha value is -3.25. The zero-order valence-electron chi connectivity index (χ0n) is 16.5. The molecular formula is C22H20ClNO5. The van der Waals surface area contributed by atoms with Crippen LogP contribution in [-0.2, 0) is 14.3 Å². The van der Waals surface area contributed by atoms with Gasteiger partial charge in [0, 0.05) is 11.3 Å². The summed E-state index contributed by atoms with van der Waals surface area (Å²) in [6.45, 7) is 1.68. The average molecular weight is 414 g/mol. The highest BCUT2D eigenvalue weighted by Gasteiger charge is 2.38. The first-order chi connectivity index (χ1) is 13.9. The predicted octanol–water partition coefficient (Wildman–Crippen LogP) is 4.23. The van der Waals surface area contributed by atoms with Crippen molar-refractivity contribution < 1.29 is 23.8 Å². The number of esters is 1. The molecule has 1 heterocycles. The van der Waals surface area contributed by atoms with Crippen molar-refractivity contribution in [3.63, 3.8) is 0 Å². The summed E-state index contributed by atoms with van der Waals surface area (Å²) in [6, 6.07) is 12.1. The van der Waals surface area contributed by atoms with Gasteiger partial charge in [-0.1, -0.05) is 23.7 Å². The molecule has 0 fully saturated rings. The maximum Gasteiger partial charge on any atom is 0.340 e. The summed E-state index contributed by atoms with van der Waals surface area (Å²) >= 11 is 6.30. The first-order valence-corrected chi connectivity index (χ1v) is 9.13. The summed E-state index contributed by atoms with van der Waals surface area (Å²) in [6.07, 6.45) is 1.59. The van der Waals surface area contributed by atoms with Crippen LogP contribution >= 0.6 is 11.6 Å². The molecule has 0 atom stereocenters. The van der Waals surface area contributed by atoms with Gasteiger partial charge in [-0.2, -0.15) is 0 Å². The smallest absolute Gasteiger partial charge is 0.340 e. The summed E-state index contributed by atoms with van der Waals surface area (Å²) < 4.78 is 15.6. The number of carbonyl (C=O) groups excluding carboxylic acids is 2. The first-order valence-electron chi connectivity index (χ1n) is 8.75. The van der Waals surface area contributed by atoms with Gasteiger partial charge in [-0.25, -0.2) is 4.79 Å². The molecule has 0 aromatic heterocycles. The average Bonchev–Trinajstić information content (AvgIpc) is 2.97. The fourth-order valence-electron chi connectivity index (χ4n) is 3.21. The molecule has 0 aliphatic carbocycles. The monoisotopic (exact) mass is 413 g/mol. The SMILES string of the molecule is COC(=O)C1=C(C)N(c2ccccc2Cl)C(=O)/C1=C\c1cc(OC)ccc1OC. The lowest BCUT2D eigenvalue weighted by molar-refractivity contribution is -0.136. The Morgan fingerprint density at radius 3 is 2.41 bits per heavy atom. The van der Waals surface area contributed by atoms with E-state index in [1.807, 2.05) is 0 Å². The quantitative estimate of drug-likeness (QED) is 0.542. The Morgan fingerprint density at radius 2 is 1.79 bits per heavy atom. The van der Waals surface area contributed by atoms with Crippen LogP contribution in [0.4, 0.5) is 5.69 Å². The van der Waals surface area contributed by atoms with E-state index >= 15 is 0 Å². The predicted molar refractivity (Wildman–Crippen MR) is 111 cm³/mol. The van der Waals surface area contributed by atoms with E-state index in [4.69, 9.17) is 25.8 Å². The number of allylic oxidation sites excluding steroid dienone is 1. The van der Waals surface area contributed by atoms with Crippen molar-refractivity contribution >= 4 is 35.2 Å². The Balaban J connectivity index is 2.21. The van der Waals surface area contributed by atoms with Gasteiger partial charge in [0.15, 0.2) is 0 Å². The van der Waals surface area contributed by atoms with Gasteiger partial charge in [0.05, 0.1) is 43.2 Å². The van der Waals surface area contributed by atoms with Gasteiger partial charge in [-0.05, 0) is 43.3 Å². The number of rotatable bonds is 5. The molecule has 1 aliphatic rings. The van der Waals surface area contributed by atoms with Crippen LogP contribution in [0.1, 0.15) is 12.5 Å². The fourth-order valence-corrected chi connectivity index (χ4v) is 3.43. The van der Waals surface area contributed by atoms with Gasteiger partial charge in [-0.15, -0.1) is 0 Å². The number of methoxy groups -OCH3 is 3. The summed E-state index contributed by atoms with van der Waals surface area (Å²) in [7, 11) is 4.34. The number of nitrogens with zero attached hydrogens (tertiary/aromatic N) is 1. The molecule has 29 heavy (non-hydrogen) atoms. The van der Waals surface area contributed by atoms with Crippen molar-refractivity contribution in [2.24, 2.45) is 0 Å². The van der Waals surface area contributed by atoms with Crippen molar-refractivity contribution in [3.8, 4) is 11.5 Å². The molecule has 2 aromatic carbocycles. The molecule has 3 rings (SSSR count). The van der Waals surface area contributed by atoms with Gasteiger partial charge < -0.3 is 14.2 Å². The van der Waals surface area contributed by atoms with Crippen LogP contribution in [0.2, 0.25) is 5.02 Å². The second-order valence-corrected chi connectivity index (χ2v) is 6.62. The van der Waals surface area contributed by atoms with Crippen LogP contribution in [0.15, 0.2) is 59.3 Å². The highest BCUT2D eigenvalue weighted by Crippen LogP contribution is 2.39. The maximum atomic E-state index is 13.3. The van der Waals surface area contributed by atoms with Crippen LogP contribution in [-0.4, -0.2) is 33.2 Å². The van der Waals surface area contributed by atoms with Crippen molar-refractivity contribution in [2.75, 3.05) is 26.2 Å². The largest absolute Gasteiger partial charge is 0.497 e. The molecule has 0 bridgehead atoms. The normalized spacial score (nSPS) is 15.1. The Kier molecular flexibility index (Phi) is 5.94. The lowest BCUT2D eigenvalue weighted by Crippen LogP contribution is -2.24. The van der Waals surface area contributed by atoms with Crippen molar-refractivity contribution in [2.45, 2.75) is 6.92 Å². The number of carbonyl (C=O) groups is 2. The number of benzene rings is 2. The Labute approximate surface area is 173 Å². The second kappa shape index (κ2) is 8.41. The maximum absolute atomic E-state index is 13.3. The molecule has 0 unspecified atom stereocenters. The van der Waals surface area contributed by atoms with E-state index in [0.29, 0.717) is 33.5 Å². The number of hydrogen-bond donors (Lipinski definition) is 0. The first kappa shape index (κ1) is 20.5. The number of para-hydroxylation sites is 1. The lowest BCUT2D eigenvalue weighted by Gasteiger charge is -2.19. The number of ether oxygens (including phenoxy) is 3. The lowest BCUT2D eigenvalue weighted by atomic mass is 10.0. The van der Waals surface area contributed by atoms with Crippen LogP contribution < -0.4 is 14.4 Å². The standard InChI is InChI=1S/C22H20ClNO5/c1-13-20(22(26)29-4)16(12-14-11-15(27-2)9-10-19(14)28-3)21(25)24(13)18-8-6-5-7-17(18)23/h5-12H,1-4H3/b16-12-. The minimum absolute atomic E-state index is 0.169. The Bertz CT molecular complexity index is 1040. The number of amides is 1. The van der Waals surface area contributed by atoms with Crippen LogP contribution in [0.25, 0.3) is 6.08 Å². The van der Waals surface area contributed by atoms with E-state index in [9.17, 15) is 9.59 Å². The van der Waals surface area contributed by atoms with Gasteiger partial charge >= 0.3 is 5.97 Å². The third-order valence-corrected chi connectivity index (χ3v) is 4.94. The van der Waals surface area contributed by atoms with Crippen molar-refractivity contribution in [1.29, 1.82) is 0 Å². The molecular weight excluding hydrogens is 394 g/mol. The van der Waals surface area contributed by atoms with E-state index in [1.54, 1.807) is 62.6 Å².